The standard InChI is InChI=1S/C26H25N3O4/c1-17-10-8-9-13-20(17)24-21(16-29(28-24)19-11-6-5-7-12-19)26(30)27-18-14-22(31-2)25(33-4)23(15-18)32-3/h5-16H,1-4H3,(H,27,30). The molecule has 0 spiro atoms. The summed E-state index contributed by atoms with van der Waals surface area (Å²) in [6.45, 7) is 2.00. The van der Waals surface area contributed by atoms with Gasteiger partial charge >= 0.3 is 0 Å². The molecule has 0 fully saturated rings. The van der Waals surface area contributed by atoms with Crippen molar-refractivity contribution in [2.45, 2.75) is 6.92 Å². The largest absolute Gasteiger partial charge is 0.493 e. The fraction of sp³-hybridized carbons (Fsp3) is 0.154. The zero-order valence-electron chi connectivity index (χ0n) is 19.0. The maximum Gasteiger partial charge on any atom is 0.259 e. The molecule has 0 aliphatic heterocycles. The van der Waals surface area contributed by atoms with Gasteiger partial charge in [-0.05, 0) is 24.6 Å². The Hall–Kier alpha value is -4.26. The number of amides is 1. The number of methoxy groups -OCH3 is 3. The first-order chi connectivity index (χ1) is 16.0. The lowest BCUT2D eigenvalue weighted by atomic mass is 10.0. The zero-order valence-corrected chi connectivity index (χ0v) is 19.0. The highest BCUT2D eigenvalue weighted by atomic mass is 16.5. The van der Waals surface area contributed by atoms with E-state index in [1.54, 1.807) is 23.0 Å². The number of rotatable bonds is 7. The van der Waals surface area contributed by atoms with Crippen molar-refractivity contribution in [1.29, 1.82) is 0 Å². The molecule has 0 aliphatic carbocycles. The number of hydrogen-bond acceptors (Lipinski definition) is 5. The van der Waals surface area contributed by atoms with E-state index in [4.69, 9.17) is 19.3 Å². The van der Waals surface area contributed by atoms with Gasteiger partial charge in [-0.15, -0.1) is 0 Å². The van der Waals surface area contributed by atoms with Crippen LogP contribution in [0.15, 0.2) is 72.9 Å². The van der Waals surface area contributed by atoms with Crippen molar-refractivity contribution in [2.75, 3.05) is 26.6 Å². The van der Waals surface area contributed by atoms with Crippen molar-refractivity contribution in [3.05, 3.63) is 84.1 Å². The molecule has 7 heteroatoms. The van der Waals surface area contributed by atoms with Gasteiger partial charge in [0.05, 0.1) is 32.6 Å². The van der Waals surface area contributed by atoms with Gasteiger partial charge in [-0.1, -0.05) is 42.5 Å². The van der Waals surface area contributed by atoms with Crippen molar-refractivity contribution in [3.63, 3.8) is 0 Å². The van der Waals surface area contributed by atoms with Crippen LogP contribution in [0.2, 0.25) is 0 Å². The highest BCUT2D eigenvalue weighted by Gasteiger charge is 2.21. The van der Waals surface area contributed by atoms with Crippen LogP contribution < -0.4 is 19.5 Å². The van der Waals surface area contributed by atoms with Crippen molar-refractivity contribution in [3.8, 4) is 34.2 Å². The van der Waals surface area contributed by atoms with Crippen molar-refractivity contribution in [2.24, 2.45) is 0 Å². The molecule has 168 valence electrons. The highest BCUT2D eigenvalue weighted by molar-refractivity contribution is 6.08. The van der Waals surface area contributed by atoms with Gasteiger partial charge in [0.1, 0.15) is 5.69 Å². The third-order valence-electron chi connectivity index (χ3n) is 5.30. The maximum atomic E-state index is 13.4. The van der Waals surface area contributed by atoms with Gasteiger partial charge in [0.2, 0.25) is 5.75 Å². The first kappa shape index (κ1) is 22.0. The van der Waals surface area contributed by atoms with Crippen LogP contribution in [-0.2, 0) is 0 Å². The Morgan fingerprint density at radius 2 is 1.52 bits per heavy atom. The minimum atomic E-state index is -0.301. The van der Waals surface area contributed by atoms with E-state index in [9.17, 15) is 4.79 Å². The van der Waals surface area contributed by atoms with Crippen LogP contribution in [0.3, 0.4) is 0 Å². The summed E-state index contributed by atoms with van der Waals surface area (Å²) in [5, 5.41) is 7.70. The molecule has 0 bridgehead atoms. The molecule has 4 aromatic rings. The van der Waals surface area contributed by atoms with Crippen molar-refractivity contribution >= 4 is 11.6 Å². The Morgan fingerprint density at radius 1 is 0.879 bits per heavy atom. The number of hydrogen-bond donors (Lipinski definition) is 1. The van der Waals surface area contributed by atoms with Gasteiger partial charge in [0.15, 0.2) is 11.5 Å². The smallest absolute Gasteiger partial charge is 0.259 e. The SMILES string of the molecule is COc1cc(NC(=O)c2cn(-c3ccccc3)nc2-c2ccccc2C)cc(OC)c1OC. The topological polar surface area (TPSA) is 74.6 Å². The second-order valence-electron chi connectivity index (χ2n) is 7.35. The van der Waals surface area contributed by atoms with Crippen LogP contribution in [-0.4, -0.2) is 37.0 Å². The molecule has 7 nitrogen and oxygen atoms in total. The molecule has 4 rings (SSSR count). The van der Waals surface area contributed by atoms with Gasteiger partial charge in [-0.2, -0.15) is 5.10 Å². The van der Waals surface area contributed by atoms with E-state index in [-0.39, 0.29) is 5.91 Å². The molecular formula is C26H25N3O4. The number of para-hydroxylation sites is 1. The molecule has 3 aromatic carbocycles. The number of ether oxygens (including phenoxy) is 3. The van der Waals surface area contributed by atoms with E-state index in [2.05, 4.69) is 5.32 Å². The van der Waals surface area contributed by atoms with Gasteiger partial charge < -0.3 is 19.5 Å². The lowest BCUT2D eigenvalue weighted by Gasteiger charge is -2.14. The number of aryl methyl sites for hydroxylation is 1. The maximum absolute atomic E-state index is 13.4. The van der Waals surface area contributed by atoms with Crippen LogP contribution >= 0.6 is 0 Å². The predicted octanol–water partition coefficient (Wildman–Crippen LogP) is 5.13. The minimum Gasteiger partial charge on any atom is -0.493 e. The summed E-state index contributed by atoms with van der Waals surface area (Å²) >= 11 is 0. The lowest BCUT2D eigenvalue weighted by Crippen LogP contribution is -2.13. The van der Waals surface area contributed by atoms with Gasteiger partial charge in [-0.25, -0.2) is 4.68 Å². The number of carbonyl (C=O) groups is 1. The Kier molecular flexibility index (Phi) is 6.31. The summed E-state index contributed by atoms with van der Waals surface area (Å²) in [5.41, 5.74) is 4.33. The summed E-state index contributed by atoms with van der Waals surface area (Å²) in [7, 11) is 4.59. The van der Waals surface area contributed by atoms with Gasteiger partial charge in [0.25, 0.3) is 5.91 Å². The fourth-order valence-electron chi connectivity index (χ4n) is 3.64. The molecule has 0 saturated heterocycles. The van der Waals surface area contributed by atoms with Crippen LogP contribution in [0.1, 0.15) is 15.9 Å². The molecule has 0 atom stereocenters. The third-order valence-corrected chi connectivity index (χ3v) is 5.30. The number of aromatic nitrogens is 2. The Bertz CT molecular complexity index is 1260. The number of nitrogens with zero attached hydrogens (tertiary/aromatic N) is 2. The van der Waals surface area contributed by atoms with E-state index in [0.29, 0.717) is 34.2 Å². The van der Waals surface area contributed by atoms with E-state index in [1.165, 1.54) is 21.3 Å². The monoisotopic (exact) mass is 443 g/mol. The average molecular weight is 444 g/mol. The number of benzene rings is 3. The van der Waals surface area contributed by atoms with Crippen LogP contribution in [0, 0.1) is 6.92 Å². The minimum absolute atomic E-state index is 0.301. The Morgan fingerprint density at radius 3 is 2.12 bits per heavy atom. The van der Waals surface area contributed by atoms with Crippen LogP contribution in [0.5, 0.6) is 17.2 Å². The van der Waals surface area contributed by atoms with Gasteiger partial charge in [0, 0.05) is 29.6 Å². The van der Waals surface area contributed by atoms with E-state index >= 15 is 0 Å². The molecule has 0 radical (unpaired) electrons. The number of carbonyl (C=O) groups excluding carboxylic acids is 1. The van der Waals surface area contributed by atoms with E-state index in [1.807, 2.05) is 61.5 Å². The normalized spacial score (nSPS) is 10.5. The van der Waals surface area contributed by atoms with Gasteiger partial charge in [-0.3, -0.25) is 4.79 Å². The molecule has 1 N–H and O–H groups in total. The molecule has 1 aromatic heterocycles. The molecule has 0 unspecified atom stereocenters. The summed E-state index contributed by atoms with van der Waals surface area (Å²) in [5.74, 6) is 1.05. The average Bonchev–Trinajstić information content (AvgIpc) is 3.29. The molecule has 0 aliphatic rings. The quantitative estimate of drug-likeness (QED) is 0.429. The highest BCUT2D eigenvalue weighted by Crippen LogP contribution is 2.40. The number of anilines is 1. The first-order valence-electron chi connectivity index (χ1n) is 10.4. The van der Waals surface area contributed by atoms with Crippen LogP contribution in [0.25, 0.3) is 16.9 Å². The molecule has 1 heterocycles. The third kappa shape index (κ3) is 4.39. The Labute approximate surface area is 192 Å². The molecule has 1 amide bonds. The summed E-state index contributed by atoms with van der Waals surface area (Å²) in [4.78, 5) is 13.4. The second kappa shape index (κ2) is 9.48. The first-order valence-corrected chi connectivity index (χ1v) is 10.4. The van der Waals surface area contributed by atoms with Crippen molar-refractivity contribution < 1.29 is 19.0 Å². The predicted molar refractivity (Wildman–Crippen MR) is 128 cm³/mol. The lowest BCUT2D eigenvalue weighted by molar-refractivity contribution is 0.102. The van der Waals surface area contributed by atoms with Crippen molar-refractivity contribution in [1.82, 2.24) is 9.78 Å². The number of nitrogens with one attached hydrogen (secondary N) is 1. The molecule has 33 heavy (non-hydrogen) atoms. The van der Waals surface area contributed by atoms with E-state index in [0.717, 1.165) is 16.8 Å². The van der Waals surface area contributed by atoms with E-state index < -0.39 is 0 Å². The zero-order chi connectivity index (χ0) is 23.4. The van der Waals surface area contributed by atoms with Crippen LogP contribution in [0.4, 0.5) is 5.69 Å². The molecule has 0 saturated carbocycles. The summed E-state index contributed by atoms with van der Waals surface area (Å²) in [6.07, 6.45) is 1.74. The summed E-state index contributed by atoms with van der Waals surface area (Å²) < 4.78 is 17.9. The summed E-state index contributed by atoms with van der Waals surface area (Å²) in [6, 6.07) is 20.9. The second-order valence-corrected chi connectivity index (χ2v) is 7.35. The molecular weight excluding hydrogens is 418 g/mol. The fourth-order valence-corrected chi connectivity index (χ4v) is 3.64. The Balaban J connectivity index is 1.77.